The molecule has 2 fully saturated rings. The van der Waals surface area contributed by atoms with E-state index in [0.717, 1.165) is 18.9 Å². The van der Waals surface area contributed by atoms with Gasteiger partial charge in [0.05, 0.1) is 9.82 Å². The molecular formula is C22H35N5O5S. The van der Waals surface area contributed by atoms with Gasteiger partial charge in [-0.3, -0.25) is 14.9 Å². The summed E-state index contributed by atoms with van der Waals surface area (Å²) in [4.78, 5) is 29.3. The number of rotatable bonds is 9. The minimum absolute atomic E-state index is 0.127. The minimum Gasteiger partial charge on any atom is -0.362 e. The smallest absolute Gasteiger partial charge is 0.293 e. The van der Waals surface area contributed by atoms with Crippen LogP contribution in [0.15, 0.2) is 23.1 Å². The number of amides is 1. The summed E-state index contributed by atoms with van der Waals surface area (Å²) in [7, 11) is -0.185. The summed E-state index contributed by atoms with van der Waals surface area (Å²) in [6.07, 6.45) is 6.49. The highest BCUT2D eigenvalue weighted by molar-refractivity contribution is 7.89. The number of carbonyl (C=O) groups excluding carboxylic acids is 1. The summed E-state index contributed by atoms with van der Waals surface area (Å²) in [5.74, 6) is 0.646. The Morgan fingerprint density at radius 2 is 1.82 bits per heavy atom. The molecule has 1 amide bonds. The minimum atomic E-state index is -3.85. The highest BCUT2D eigenvalue weighted by atomic mass is 32.2. The number of anilines is 1. The maximum absolute atomic E-state index is 12.7. The monoisotopic (exact) mass is 481 g/mol. The van der Waals surface area contributed by atoms with Crippen molar-refractivity contribution in [1.29, 1.82) is 0 Å². The van der Waals surface area contributed by atoms with Gasteiger partial charge in [0, 0.05) is 51.8 Å². The fraction of sp³-hybridized carbons (Fsp3) is 0.682. The number of hydrogen-bond acceptors (Lipinski definition) is 7. The van der Waals surface area contributed by atoms with Crippen molar-refractivity contribution < 1.29 is 18.1 Å². The van der Waals surface area contributed by atoms with E-state index in [1.165, 1.54) is 31.4 Å². The molecule has 10 nitrogen and oxygen atoms in total. The fourth-order valence-electron chi connectivity index (χ4n) is 4.54. The van der Waals surface area contributed by atoms with E-state index in [1.807, 2.05) is 28.8 Å². The molecular weight excluding hydrogens is 446 g/mol. The van der Waals surface area contributed by atoms with Crippen LogP contribution in [0.2, 0.25) is 0 Å². The van der Waals surface area contributed by atoms with Crippen molar-refractivity contribution in [1.82, 2.24) is 14.5 Å². The lowest BCUT2D eigenvalue weighted by Crippen LogP contribution is -2.49. The number of nitro benzene ring substituents is 1. The zero-order valence-corrected chi connectivity index (χ0v) is 20.3. The molecule has 0 atom stereocenters. The van der Waals surface area contributed by atoms with Crippen molar-refractivity contribution in [3.63, 3.8) is 0 Å². The molecule has 0 aromatic heterocycles. The standard InChI is InChI=1S/C22H35N5O5S/c1-24(2)11-10-23-33(31,32)19-8-9-20(21(17-19)27(29)30)25-12-14-26(15-13-25)22(28)16-18-6-4-3-5-7-18/h8-9,17-18,23H,3-7,10-16H2,1-2H3. The Balaban J connectivity index is 1.64. The van der Waals surface area contributed by atoms with Gasteiger partial charge < -0.3 is 14.7 Å². The van der Waals surface area contributed by atoms with Crippen LogP contribution >= 0.6 is 0 Å². The van der Waals surface area contributed by atoms with Gasteiger partial charge in [-0.1, -0.05) is 19.3 Å². The summed E-state index contributed by atoms with van der Waals surface area (Å²) in [6.45, 7) is 2.70. The largest absolute Gasteiger partial charge is 0.362 e. The lowest BCUT2D eigenvalue weighted by atomic mass is 9.86. The topological polar surface area (TPSA) is 116 Å². The average molecular weight is 482 g/mol. The van der Waals surface area contributed by atoms with Gasteiger partial charge in [0.25, 0.3) is 5.69 Å². The Hall–Kier alpha value is -2.24. The summed E-state index contributed by atoms with van der Waals surface area (Å²) in [5, 5.41) is 11.7. The number of sulfonamides is 1. The zero-order valence-electron chi connectivity index (χ0n) is 19.5. The Morgan fingerprint density at radius 1 is 1.15 bits per heavy atom. The van der Waals surface area contributed by atoms with Crippen LogP contribution in [0.3, 0.4) is 0 Å². The van der Waals surface area contributed by atoms with Gasteiger partial charge in [0.2, 0.25) is 15.9 Å². The SMILES string of the molecule is CN(C)CCNS(=O)(=O)c1ccc(N2CCN(C(=O)CC3CCCCC3)CC2)c([N+](=O)[O-])c1. The summed E-state index contributed by atoms with van der Waals surface area (Å²) in [6, 6.07) is 4.02. The lowest BCUT2D eigenvalue weighted by molar-refractivity contribution is -0.384. The van der Waals surface area contributed by atoms with Gasteiger partial charge in [-0.2, -0.15) is 0 Å². The molecule has 1 aliphatic carbocycles. The molecule has 3 rings (SSSR count). The Bertz CT molecular complexity index is 938. The van der Waals surface area contributed by atoms with E-state index in [-0.39, 0.29) is 23.0 Å². The second-order valence-electron chi connectivity index (χ2n) is 9.18. The number of likely N-dealkylation sites (N-methyl/N-ethyl adjacent to an activating group) is 1. The van der Waals surface area contributed by atoms with Gasteiger partial charge in [-0.15, -0.1) is 0 Å². The molecule has 0 unspecified atom stereocenters. The molecule has 1 saturated heterocycles. The fourth-order valence-corrected chi connectivity index (χ4v) is 5.58. The number of nitro groups is 1. The lowest BCUT2D eigenvalue weighted by Gasteiger charge is -2.36. The highest BCUT2D eigenvalue weighted by Gasteiger charge is 2.29. The third-order valence-corrected chi connectivity index (χ3v) is 7.92. The van der Waals surface area contributed by atoms with Gasteiger partial charge in [0.1, 0.15) is 5.69 Å². The van der Waals surface area contributed by atoms with Crippen LogP contribution in [-0.2, 0) is 14.8 Å². The Morgan fingerprint density at radius 3 is 2.42 bits per heavy atom. The highest BCUT2D eigenvalue weighted by Crippen LogP contribution is 2.32. The molecule has 33 heavy (non-hydrogen) atoms. The first kappa shape index (κ1) is 25.4. The predicted molar refractivity (Wildman–Crippen MR) is 127 cm³/mol. The van der Waals surface area contributed by atoms with Crippen molar-refractivity contribution in [3.8, 4) is 0 Å². The Labute approximate surface area is 196 Å². The van der Waals surface area contributed by atoms with E-state index in [4.69, 9.17) is 0 Å². The van der Waals surface area contributed by atoms with Crippen molar-refractivity contribution in [2.24, 2.45) is 5.92 Å². The predicted octanol–water partition coefficient (Wildman–Crippen LogP) is 2.05. The van der Waals surface area contributed by atoms with E-state index >= 15 is 0 Å². The summed E-state index contributed by atoms with van der Waals surface area (Å²) < 4.78 is 27.6. The summed E-state index contributed by atoms with van der Waals surface area (Å²) in [5.41, 5.74) is 0.138. The van der Waals surface area contributed by atoms with E-state index in [1.54, 1.807) is 0 Å². The number of piperazine rings is 1. The van der Waals surface area contributed by atoms with Crippen LogP contribution < -0.4 is 9.62 Å². The van der Waals surface area contributed by atoms with Crippen LogP contribution in [-0.4, -0.2) is 82.4 Å². The molecule has 1 aromatic carbocycles. The normalized spacial score (nSPS) is 18.0. The first-order valence-corrected chi connectivity index (χ1v) is 13.1. The number of nitrogens with zero attached hydrogens (tertiary/aromatic N) is 4. The van der Waals surface area contributed by atoms with Crippen molar-refractivity contribution in [3.05, 3.63) is 28.3 Å². The van der Waals surface area contributed by atoms with Crippen LogP contribution in [0, 0.1) is 16.0 Å². The maximum atomic E-state index is 12.7. The van der Waals surface area contributed by atoms with E-state index < -0.39 is 14.9 Å². The van der Waals surface area contributed by atoms with E-state index in [9.17, 15) is 23.3 Å². The number of carbonyl (C=O) groups is 1. The van der Waals surface area contributed by atoms with Crippen molar-refractivity contribution in [2.75, 3.05) is 58.3 Å². The molecule has 2 aliphatic rings. The zero-order chi connectivity index (χ0) is 24.0. The van der Waals surface area contributed by atoms with Gasteiger partial charge in [0.15, 0.2) is 0 Å². The molecule has 1 N–H and O–H groups in total. The van der Waals surface area contributed by atoms with Crippen molar-refractivity contribution >= 4 is 27.3 Å². The van der Waals surface area contributed by atoms with Gasteiger partial charge in [-0.05, 0) is 45.0 Å². The van der Waals surface area contributed by atoms with Crippen LogP contribution in [0.5, 0.6) is 0 Å². The first-order valence-electron chi connectivity index (χ1n) is 11.6. The third-order valence-electron chi connectivity index (χ3n) is 6.47. The molecule has 1 aromatic rings. The molecule has 0 bridgehead atoms. The average Bonchev–Trinajstić information content (AvgIpc) is 2.79. The Kier molecular flexibility index (Phi) is 8.66. The molecule has 1 heterocycles. The second kappa shape index (κ2) is 11.3. The van der Waals surface area contributed by atoms with Crippen LogP contribution in [0.4, 0.5) is 11.4 Å². The van der Waals surface area contributed by atoms with Crippen LogP contribution in [0.25, 0.3) is 0 Å². The van der Waals surface area contributed by atoms with Gasteiger partial charge >= 0.3 is 0 Å². The maximum Gasteiger partial charge on any atom is 0.293 e. The summed E-state index contributed by atoms with van der Waals surface area (Å²) >= 11 is 0. The van der Waals surface area contributed by atoms with Crippen molar-refractivity contribution in [2.45, 2.75) is 43.4 Å². The molecule has 1 aliphatic heterocycles. The molecule has 0 spiro atoms. The molecule has 0 radical (unpaired) electrons. The molecule has 1 saturated carbocycles. The van der Waals surface area contributed by atoms with Gasteiger partial charge in [-0.25, -0.2) is 13.1 Å². The first-order chi connectivity index (χ1) is 15.7. The number of benzene rings is 1. The van der Waals surface area contributed by atoms with E-state index in [0.29, 0.717) is 50.7 Å². The number of nitrogens with one attached hydrogen (secondary N) is 1. The number of hydrogen-bond donors (Lipinski definition) is 1. The molecule has 184 valence electrons. The second-order valence-corrected chi connectivity index (χ2v) is 11.0. The third kappa shape index (κ3) is 6.87. The molecule has 11 heteroatoms. The van der Waals surface area contributed by atoms with E-state index in [2.05, 4.69) is 4.72 Å². The van der Waals surface area contributed by atoms with Crippen LogP contribution in [0.1, 0.15) is 38.5 Å². The quantitative estimate of drug-likeness (QED) is 0.424.